The van der Waals surface area contributed by atoms with Crippen molar-refractivity contribution >= 4 is 0 Å². The number of hydrogen-bond acceptors (Lipinski definition) is 6. The van der Waals surface area contributed by atoms with E-state index >= 15 is 0 Å². The van der Waals surface area contributed by atoms with Gasteiger partial charge in [0.15, 0.2) is 0 Å². The minimum atomic E-state index is 0.0924. The summed E-state index contributed by atoms with van der Waals surface area (Å²) in [5, 5.41) is 13.1. The van der Waals surface area contributed by atoms with Crippen LogP contribution in [0.15, 0.2) is 59.1 Å². The second kappa shape index (κ2) is 8.99. The van der Waals surface area contributed by atoms with E-state index in [0.717, 1.165) is 44.7 Å². The van der Waals surface area contributed by atoms with Crippen molar-refractivity contribution in [2.75, 3.05) is 26.2 Å². The third-order valence-electron chi connectivity index (χ3n) is 5.49. The summed E-state index contributed by atoms with van der Waals surface area (Å²) in [4.78, 5) is 9.52. The molecule has 3 aromatic rings. The highest BCUT2D eigenvalue weighted by atomic mass is 16.5. The minimum Gasteiger partial charge on any atom is -0.337 e. The molecule has 148 valence electrons. The molecule has 0 radical (unpaired) electrons. The van der Waals surface area contributed by atoms with Crippen molar-refractivity contribution in [2.45, 2.75) is 25.9 Å². The lowest BCUT2D eigenvalue weighted by Gasteiger charge is -2.25. The fraction of sp³-hybridized carbons (Fsp3) is 0.348. The van der Waals surface area contributed by atoms with Gasteiger partial charge in [-0.05, 0) is 37.6 Å². The van der Waals surface area contributed by atoms with Gasteiger partial charge in [-0.25, -0.2) is 0 Å². The van der Waals surface area contributed by atoms with Crippen LogP contribution in [0.4, 0.5) is 0 Å². The number of nitrogens with zero attached hydrogens (tertiary/aromatic N) is 5. The van der Waals surface area contributed by atoms with Crippen LogP contribution in [-0.2, 0) is 6.54 Å². The van der Waals surface area contributed by atoms with Crippen LogP contribution in [0.5, 0.6) is 0 Å². The Kier molecular flexibility index (Phi) is 5.99. The first-order chi connectivity index (χ1) is 14.2. The third-order valence-corrected chi connectivity index (χ3v) is 5.49. The quantitative estimate of drug-likeness (QED) is 0.662. The maximum absolute atomic E-state index is 8.95. The molecule has 0 N–H and O–H groups in total. The van der Waals surface area contributed by atoms with E-state index in [2.05, 4.69) is 32.9 Å². The first-order valence-corrected chi connectivity index (χ1v) is 10.1. The molecule has 0 aliphatic carbocycles. The maximum atomic E-state index is 8.95. The summed E-state index contributed by atoms with van der Waals surface area (Å²) in [7, 11) is 0. The molecule has 0 bridgehead atoms. The summed E-state index contributed by atoms with van der Waals surface area (Å²) in [6.45, 7) is 7.06. The van der Waals surface area contributed by atoms with Gasteiger partial charge in [-0.2, -0.15) is 10.2 Å². The Balaban J connectivity index is 1.36. The van der Waals surface area contributed by atoms with E-state index in [0.29, 0.717) is 17.3 Å². The Hall–Kier alpha value is -3.01. The van der Waals surface area contributed by atoms with E-state index in [1.165, 1.54) is 5.56 Å². The normalized spacial score (nSPS) is 16.8. The zero-order chi connectivity index (χ0) is 20.1. The molecule has 1 fully saturated rings. The number of rotatable bonds is 5. The highest BCUT2D eigenvalue weighted by Crippen LogP contribution is 2.23. The number of nitriles is 1. The molecule has 2 heterocycles. The molecule has 0 amide bonds. The number of hydrogen-bond donors (Lipinski definition) is 0. The Bertz CT molecular complexity index is 961. The highest BCUT2D eigenvalue weighted by Gasteiger charge is 2.24. The Morgan fingerprint density at radius 2 is 1.83 bits per heavy atom. The van der Waals surface area contributed by atoms with Crippen LogP contribution in [0.1, 0.15) is 36.4 Å². The van der Waals surface area contributed by atoms with Crippen molar-refractivity contribution in [3.63, 3.8) is 0 Å². The number of benzene rings is 2. The molecule has 1 aromatic heterocycles. The van der Waals surface area contributed by atoms with E-state index in [1.807, 2.05) is 54.6 Å². The molecule has 1 unspecified atom stereocenters. The van der Waals surface area contributed by atoms with E-state index in [4.69, 9.17) is 9.78 Å². The Labute approximate surface area is 171 Å². The average Bonchev–Trinajstić information content (AvgIpc) is 3.15. The van der Waals surface area contributed by atoms with Gasteiger partial charge in [-0.15, -0.1) is 0 Å². The second-order valence-electron chi connectivity index (χ2n) is 7.47. The van der Waals surface area contributed by atoms with E-state index < -0.39 is 0 Å². The maximum Gasteiger partial charge on any atom is 0.244 e. The summed E-state index contributed by atoms with van der Waals surface area (Å²) in [5.74, 6) is 1.31. The lowest BCUT2D eigenvalue weighted by molar-refractivity contribution is 0.174. The van der Waals surface area contributed by atoms with Crippen LogP contribution < -0.4 is 0 Å². The lowest BCUT2D eigenvalue weighted by Crippen LogP contribution is -2.32. The highest BCUT2D eigenvalue weighted by molar-refractivity contribution is 5.53. The van der Waals surface area contributed by atoms with Gasteiger partial charge in [-0.3, -0.25) is 9.80 Å². The van der Waals surface area contributed by atoms with Crippen molar-refractivity contribution in [3.8, 4) is 17.5 Å². The largest absolute Gasteiger partial charge is 0.337 e. The van der Waals surface area contributed by atoms with Crippen LogP contribution in [0.3, 0.4) is 0 Å². The van der Waals surface area contributed by atoms with Crippen molar-refractivity contribution in [3.05, 3.63) is 71.6 Å². The summed E-state index contributed by atoms with van der Waals surface area (Å²) in [6, 6.07) is 20.1. The predicted molar refractivity (Wildman–Crippen MR) is 111 cm³/mol. The summed E-state index contributed by atoms with van der Waals surface area (Å²) in [6.07, 6.45) is 1.10. The van der Waals surface area contributed by atoms with Crippen LogP contribution in [0, 0.1) is 11.3 Å². The molecule has 2 aromatic carbocycles. The van der Waals surface area contributed by atoms with Gasteiger partial charge >= 0.3 is 0 Å². The predicted octanol–water partition coefficient (Wildman–Crippen LogP) is 3.88. The van der Waals surface area contributed by atoms with Gasteiger partial charge in [0.1, 0.15) is 0 Å². The van der Waals surface area contributed by atoms with Crippen LogP contribution in [0.25, 0.3) is 11.4 Å². The Morgan fingerprint density at radius 3 is 2.59 bits per heavy atom. The molecule has 6 nitrogen and oxygen atoms in total. The van der Waals surface area contributed by atoms with Gasteiger partial charge < -0.3 is 4.52 Å². The molecular formula is C23H25N5O. The molecule has 6 heteroatoms. The molecular weight excluding hydrogens is 362 g/mol. The molecule has 1 aliphatic rings. The van der Waals surface area contributed by atoms with Crippen molar-refractivity contribution < 1.29 is 4.52 Å². The van der Waals surface area contributed by atoms with Crippen molar-refractivity contribution in [1.82, 2.24) is 19.9 Å². The van der Waals surface area contributed by atoms with Crippen molar-refractivity contribution in [2.24, 2.45) is 0 Å². The summed E-state index contributed by atoms with van der Waals surface area (Å²) < 4.78 is 5.58. The molecule has 29 heavy (non-hydrogen) atoms. The number of aromatic nitrogens is 2. The molecule has 0 saturated carbocycles. The first-order valence-electron chi connectivity index (χ1n) is 10.1. The monoisotopic (exact) mass is 387 g/mol. The molecule has 1 aliphatic heterocycles. The van der Waals surface area contributed by atoms with Crippen LogP contribution in [0.2, 0.25) is 0 Å². The zero-order valence-electron chi connectivity index (χ0n) is 16.7. The molecule has 4 rings (SSSR count). The topological polar surface area (TPSA) is 69.2 Å². The van der Waals surface area contributed by atoms with Gasteiger partial charge in [0.2, 0.25) is 11.7 Å². The molecule has 1 atom stereocenters. The lowest BCUT2D eigenvalue weighted by atomic mass is 10.1. The SMILES string of the molecule is CC(c1nc(-c2ccccc2)no1)N1CCCN(Cc2ccc(C#N)cc2)CC1. The van der Waals surface area contributed by atoms with Gasteiger partial charge in [0.25, 0.3) is 0 Å². The fourth-order valence-electron chi connectivity index (χ4n) is 3.74. The van der Waals surface area contributed by atoms with Gasteiger partial charge in [0.05, 0.1) is 17.7 Å². The van der Waals surface area contributed by atoms with Crippen LogP contribution >= 0.6 is 0 Å². The smallest absolute Gasteiger partial charge is 0.244 e. The summed E-state index contributed by atoms with van der Waals surface area (Å²) in [5.41, 5.74) is 2.92. The van der Waals surface area contributed by atoms with Gasteiger partial charge in [0, 0.05) is 31.7 Å². The first kappa shape index (κ1) is 19.3. The molecule has 1 saturated heterocycles. The minimum absolute atomic E-state index is 0.0924. The third kappa shape index (κ3) is 4.70. The fourth-order valence-corrected chi connectivity index (χ4v) is 3.74. The zero-order valence-corrected chi connectivity index (χ0v) is 16.7. The average molecular weight is 387 g/mol. The van der Waals surface area contributed by atoms with E-state index in [9.17, 15) is 0 Å². The van der Waals surface area contributed by atoms with E-state index in [-0.39, 0.29) is 6.04 Å². The van der Waals surface area contributed by atoms with Gasteiger partial charge in [-0.1, -0.05) is 47.6 Å². The van der Waals surface area contributed by atoms with Crippen molar-refractivity contribution in [1.29, 1.82) is 5.26 Å². The summed E-state index contributed by atoms with van der Waals surface area (Å²) >= 11 is 0. The van der Waals surface area contributed by atoms with E-state index in [1.54, 1.807) is 0 Å². The Morgan fingerprint density at radius 1 is 1.03 bits per heavy atom. The second-order valence-corrected chi connectivity index (χ2v) is 7.47. The standard InChI is InChI=1S/C23H25N5O/c1-18(23-25-22(26-29-23)21-6-3-2-4-7-21)28-13-5-12-27(14-15-28)17-20-10-8-19(16-24)9-11-20/h2-4,6-11,18H,5,12-15,17H2,1H3. The van der Waals surface area contributed by atoms with Crippen LogP contribution in [-0.4, -0.2) is 46.1 Å². The molecule has 0 spiro atoms.